The van der Waals surface area contributed by atoms with Crippen molar-refractivity contribution in [3.05, 3.63) is 49.8 Å². The van der Waals surface area contributed by atoms with E-state index in [-0.39, 0.29) is 30.1 Å². The van der Waals surface area contributed by atoms with Crippen LogP contribution in [0.2, 0.25) is 0 Å². The molecule has 0 bridgehead atoms. The van der Waals surface area contributed by atoms with E-state index in [1.165, 1.54) is 18.6 Å². The number of rotatable bonds is 5. The molecule has 0 fully saturated rings. The number of amides is 1. The first kappa shape index (κ1) is 17.2. The van der Waals surface area contributed by atoms with Crippen molar-refractivity contribution in [2.75, 3.05) is 7.11 Å². The fourth-order valence-electron chi connectivity index (χ4n) is 1.80. The van der Waals surface area contributed by atoms with E-state index < -0.39 is 22.5 Å². The van der Waals surface area contributed by atoms with Gasteiger partial charge in [-0.1, -0.05) is 0 Å². The van der Waals surface area contributed by atoms with Crippen molar-refractivity contribution in [3.8, 4) is 0 Å². The molecule has 2 rings (SSSR count). The number of methoxy groups -OCH3 is 1. The van der Waals surface area contributed by atoms with Gasteiger partial charge in [-0.3, -0.25) is 9.59 Å². The van der Waals surface area contributed by atoms with Gasteiger partial charge in [0.05, 0.1) is 0 Å². The lowest BCUT2D eigenvalue weighted by Crippen LogP contribution is -2.30. The number of halogens is 3. The zero-order valence-electron chi connectivity index (χ0n) is 11.9. The number of alkyl halides is 3. The average molecular weight is 347 g/mol. The lowest BCUT2D eigenvalue weighted by molar-refractivity contribution is -0.134. The number of carbonyl (C=O) groups is 1. The number of aromatic amines is 1. The number of hydrogen-bond donors (Lipinski definition) is 2. The smallest absolute Gasteiger partial charge is 0.377 e. The molecule has 0 atom stereocenters. The van der Waals surface area contributed by atoms with Gasteiger partial charge in [0.15, 0.2) is 0 Å². The Morgan fingerprint density at radius 1 is 1.48 bits per heavy atom. The molecule has 0 unspecified atom stereocenters. The maximum atomic E-state index is 12.7. The first-order valence-corrected chi connectivity index (χ1v) is 7.19. The van der Waals surface area contributed by atoms with Gasteiger partial charge in [-0.05, 0) is 17.0 Å². The van der Waals surface area contributed by atoms with Crippen molar-refractivity contribution in [3.63, 3.8) is 0 Å². The van der Waals surface area contributed by atoms with E-state index in [0.29, 0.717) is 11.3 Å². The van der Waals surface area contributed by atoms with Crippen LogP contribution in [0.5, 0.6) is 0 Å². The van der Waals surface area contributed by atoms with Crippen LogP contribution in [0.4, 0.5) is 13.2 Å². The predicted octanol–water partition coefficient (Wildman–Crippen LogP) is 1.93. The summed E-state index contributed by atoms with van der Waals surface area (Å²) in [5.74, 6) is -0.562. The second kappa shape index (κ2) is 6.92. The molecule has 0 spiro atoms. The minimum atomic E-state index is -4.48. The monoisotopic (exact) mass is 347 g/mol. The molecule has 0 aliphatic rings. The summed E-state index contributed by atoms with van der Waals surface area (Å²) in [6.45, 7) is -0.266. The molecule has 0 aliphatic heterocycles. The third-order valence-electron chi connectivity index (χ3n) is 2.82. The highest BCUT2D eigenvalue weighted by Gasteiger charge is 2.34. The first-order valence-electron chi connectivity index (χ1n) is 6.32. The Bertz CT molecular complexity index is 755. The van der Waals surface area contributed by atoms with Crippen molar-refractivity contribution in [2.45, 2.75) is 19.3 Å². The summed E-state index contributed by atoms with van der Waals surface area (Å²) in [5, 5.41) is 3.57. The number of nitrogens with one attached hydrogen (secondary N) is 2. The number of thiophene rings is 1. The average Bonchev–Trinajstić information content (AvgIpc) is 2.94. The van der Waals surface area contributed by atoms with E-state index in [1.54, 1.807) is 0 Å². The summed E-state index contributed by atoms with van der Waals surface area (Å²) in [6, 6.07) is 1.28. The quantitative estimate of drug-likeness (QED) is 0.866. The SMILES string of the molecule is COCc1ncc(C(=O)NCc2ccsc2C(F)(F)F)c(=O)[nH]1. The van der Waals surface area contributed by atoms with Crippen LogP contribution < -0.4 is 10.9 Å². The van der Waals surface area contributed by atoms with Gasteiger partial charge < -0.3 is 15.0 Å². The van der Waals surface area contributed by atoms with Gasteiger partial charge in [0.25, 0.3) is 11.5 Å². The molecule has 6 nitrogen and oxygen atoms in total. The fourth-order valence-corrected chi connectivity index (χ4v) is 2.59. The summed E-state index contributed by atoms with van der Waals surface area (Å²) in [4.78, 5) is 29.1. The summed E-state index contributed by atoms with van der Waals surface area (Å²) >= 11 is 0.544. The molecule has 2 N–H and O–H groups in total. The van der Waals surface area contributed by atoms with Crippen molar-refractivity contribution in [1.82, 2.24) is 15.3 Å². The van der Waals surface area contributed by atoms with Gasteiger partial charge in [-0.15, -0.1) is 11.3 Å². The van der Waals surface area contributed by atoms with Gasteiger partial charge >= 0.3 is 6.18 Å². The van der Waals surface area contributed by atoms with Crippen LogP contribution in [0.25, 0.3) is 0 Å². The molecule has 0 saturated heterocycles. The van der Waals surface area contributed by atoms with Crippen LogP contribution >= 0.6 is 11.3 Å². The van der Waals surface area contributed by atoms with Crippen molar-refractivity contribution < 1.29 is 22.7 Å². The summed E-state index contributed by atoms with van der Waals surface area (Å²) in [5.41, 5.74) is -1.03. The minimum Gasteiger partial charge on any atom is -0.377 e. The summed E-state index contributed by atoms with van der Waals surface area (Å²) < 4.78 is 43.0. The van der Waals surface area contributed by atoms with Gasteiger partial charge in [0.1, 0.15) is 22.9 Å². The standard InChI is InChI=1S/C13H12F3N3O3S/c1-22-6-9-17-5-8(12(21)19-9)11(20)18-4-7-2-3-23-10(7)13(14,15)16/h2-3,5H,4,6H2,1H3,(H,18,20)(H,17,19,21). The van der Waals surface area contributed by atoms with E-state index in [0.717, 1.165) is 6.20 Å². The maximum absolute atomic E-state index is 12.7. The lowest BCUT2D eigenvalue weighted by Gasteiger charge is -2.09. The Balaban J connectivity index is 2.09. The van der Waals surface area contributed by atoms with Crippen LogP contribution in [-0.2, 0) is 24.1 Å². The summed E-state index contributed by atoms with van der Waals surface area (Å²) in [6.07, 6.45) is -3.42. The molecule has 10 heteroatoms. The van der Waals surface area contributed by atoms with Crippen molar-refractivity contribution in [1.29, 1.82) is 0 Å². The normalized spacial score (nSPS) is 11.5. The molecular weight excluding hydrogens is 335 g/mol. The molecule has 0 aromatic carbocycles. The zero-order valence-corrected chi connectivity index (χ0v) is 12.7. The minimum absolute atomic E-state index is 0.0590. The van der Waals surface area contributed by atoms with Crippen molar-refractivity contribution >= 4 is 17.2 Å². The van der Waals surface area contributed by atoms with Gasteiger partial charge in [-0.2, -0.15) is 13.2 Å². The number of H-pyrrole nitrogens is 1. The van der Waals surface area contributed by atoms with Crippen LogP contribution in [0.1, 0.15) is 26.6 Å². The molecule has 0 aliphatic carbocycles. The Labute approximate surface area is 132 Å². The van der Waals surface area contributed by atoms with Crippen molar-refractivity contribution in [2.24, 2.45) is 0 Å². The highest BCUT2D eigenvalue weighted by atomic mass is 32.1. The Kier molecular flexibility index (Phi) is 5.16. The molecule has 2 aromatic heterocycles. The molecule has 0 saturated carbocycles. The molecule has 0 radical (unpaired) electrons. The second-order valence-electron chi connectivity index (χ2n) is 4.46. The van der Waals surface area contributed by atoms with Crippen LogP contribution in [0, 0.1) is 0 Å². The number of aromatic nitrogens is 2. The molecule has 2 heterocycles. The van der Waals surface area contributed by atoms with Crippen LogP contribution in [-0.4, -0.2) is 23.0 Å². The Morgan fingerprint density at radius 2 is 2.22 bits per heavy atom. The maximum Gasteiger partial charge on any atom is 0.425 e. The highest BCUT2D eigenvalue weighted by molar-refractivity contribution is 7.10. The number of ether oxygens (including phenoxy) is 1. The van der Waals surface area contributed by atoms with Crippen LogP contribution in [0.15, 0.2) is 22.4 Å². The molecule has 2 aromatic rings. The third kappa shape index (κ3) is 4.17. The van der Waals surface area contributed by atoms with E-state index >= 15 is 0 Å². The topological polar surface area (TPSA) is 84.1 Å². The van der Waals surface area contributed by atoms with Crippen LogP contribution in [0.3, 0.4) is 0 Å². The molecule has 1 amide bonds. The first-order chi connectivity index (χ1) is 10.8. The highest BCUT2D eigenvalue weighted by Crippen LogP contribution is 2.35. The third-order valence-corrected chi connectivity index (χ3v) is 3.82. The van der Waals surface area contributed by atoms with Gasteiger partial charge in [0, 0.05) is 19.9 Å². The Hall–Kier alpha value is -2.20. The molecule has 124 valence electrons. The van der Waals surface area contributed by atoms with E-state index in [9.17, 15) is 22.8 Å². The molecular formula is C13H12F3N3O3S. The van der Waals surface area contributed by atoms with Gasteiger partial charge in [-0.25, -0.2) is 4.98 Å². The largest absolute Gasteiger partial charge is 0.425 e. The molecule has 23 heavy (non-hydrogen) atoms. The predicted molar refractivity (Wildman–Crippen MR) is 76.1 cm³/mol. The van der Waals surface area contributed by atoms with E-state index in [2.05, 4.69) is 15.3 Å². The van der Waals surface area contributed by atoms with Gasteiger partial charge in [0.2, 0.25) is 0 Å². The van der Waals surface area contributed by atoms with E-state index in [1.807, 2.05) is 0 Å². The number of carbonyl (C=O) groups excluding carboxylic acids is 1. The zero-order chi connectivity index (χ0) is 17.0. The van der Waals surface area contributed by atoms with E-state index in [4.69, 9.17) is 4.74 Å². The second-order valence-corrected chi connectivity index (χ2v) is 5.38. The number of hydrogen-bond acceptors (Lipinski definition) is 5. The fraction of sp³-hybridized carbons (Fsp3) is 0.308. The lowest BCUT2D eigenvalue weighted by atomic mass is 10.2. The summed E-state index contributed by atoms with van der Waals surface area (Å²) in [7, 11) is 1.42. The Morgan fingerprint density at radius 3 is 2.83 bits per heavy atom. The number of nitrogens with zero attached hydrogens (tertiary/aromatic N) is 1.